The highest BCUT2D eigenvalue weighted by Crippen LogP contribution is 2.78. The summed E-state index contributed by atoms with van der Waals surface area (Å²) in [5, 5.41) is 0. The number of hydrogen-bond donors (Lipinski definition) is 0. The zero-order valence-corrected chi connectivity index (χ0v) is 14.5. The molecule has 0 aromatic carbocycles. The van der Waals surface area contributed by atoms with Crippen LogP contribution < -0.4 is 0 Å². The molecule has 0 aromatic rings. The first kappa shape index (κ1) is 27.5. The van der Waals surface area contributed by atoms with Crippen LogP contribution in [0.25, 0.3) is 0 Å². The van der Waals surface area contributed by atoms with Crippen molar-refractivity contribution in [2.45, 2.75) is 41.8 Å². The molecule has 1 aliphatic carbocycles. The minimum Gasteiger partial charge on any atom is -0.396 e. The summed E-state index contributed by atoms with van der Waals surface area (Å²) in [6.45, 7) is 4.61. The van der Waals surface area contributed by atoms with E-state index in [0.717, 1.165) is 0 Å². The van der Waals surface area contributed by atoms with E-state index in [-0.39, 0.29) is 0 Å². The minimum atomic E-state index is -8.29. The van der Waals surface area contributed by atoms with Gasteiger partial charge in [0.25, 0.3) is 0 Å². The number of ether oxygens (including phenoxy) is 2. The van der Waals surface area contributed by atoms with Crippen LogP contribution in [0, 0.1) is 5.41 Å². The van der Waals surface area contributed by atoms with Crippen LogP contribution in [0.15, 0.2) is 25.3 Å². The molecule has 0 bridgehead atoms. The molecule has 184 valence electrons. The Balaban J connectivity index is 4.37. The summed E-state index contributed by atoms with van der Waals surface area (Å²) in [5.41, 5.74) is -8.15. The molecule has 0 aliphatic heterocycles. The van der Waals surface area contributed by atoms with Crippen molar-refractivity contribution in [1.29, 1.82) is 0 Å². The Kier molecular flexibility index (Phi) is 5.98. The number of alkyl halides is 14. The van der Waals surface area contributed by atoms with Crippen LogP contribution in [0.2, 0.25) is 0 Å². The predicted octanol–water partition coefficient (Wildman–Crippen LogP) is 4.81. The van der Waals surface area contributed by atoms with Crippen molar-refractivity contribution in [3.8, 4) is 0 Å². The Morgan fingerprint density at radius 3 is 1.00 bits per heavy atom. The van der Waals surface area contributed by atoms with Gasteiger partial charge in [-0.1, -0.05) is 13.2 Å². The summed E-state index contributed by atoms with van der Waals surface area (Å²) in [4.78, 5) is 21.8. The highest BCUT2D eigenvalue weighted by molar-refractivity contribution is 5.82. The van der Waals surface area contributed by atoms with Gasteiger partial charge in [-0.05, 0) is 0 Å². The summed E-state index contributed by atoms with van der Waals surface area (Å²) in [6.07, 6.45) is -16.2. The molecule has 1 rings (SSSR count). The van der Waals surface area contributed by atoms with Gasteiger partial charge in [0, 0.05) is 12.2 Å². The highest BCUT2D eigenvalue weighted by atomic mass is 19.4. The van der Waals surface area contributed by atoms with Crippen molar-refractivity contribution in [2.75, 3.05) is 0 Å². The molecule has 18 heteroatoms. The molecule has 32 heavy (non-hydrogen) atoms. The summed E-state index contributed by atoms with van der Waals surface area (Å²) < 4.78 is 201. The van der Waals surface area contributed by atoms with Crippen molar-refractivity contribution >= 4 is 11.9 Å². The van der Waals surface area contributed by atoms with E-state index in [9.17, 15) is 71.1 Å². The third kappa shape index (κ3) is 2.76. The van der Waals surface area contributed by atoms with Crippen molar-refractivity contribution in [2.24, 2.45) is 5.41 Å². The van der Waals surface area contributed by atoms with E-state index < -0.39 is 71.3 Å². The molecule has 0 radical (unpaired) electrons. The average molecular weight is 504 g/mol. The Hall–Kier alpha value is -2.56. The van der Waals surface area contributed by atoms with Crippen molar-refractivity contribution in [3.05, 3.63) is 25.3 Å². The van der Waals surface area contributed by atoms with Gasteiger partial charge in [-0.3, -0.25) is 0 Å². The van der Waals surface area contributed by atoms with Gasteiger partial charge >= 0.3 is 59.2 Å². The lowest BCUT2D eigenvalue weighted by Gasteiger charge is -2.57. The molecular weight excluding hydrogens is 498 g/mol. The molecule has 1 aliphatic rings. The maximum Gasteiger partial charge on any atom is 0.428 e. The maximum atomic E-state index is 14.3. The van der Waals surface area contributed by atoms with Crippen LogP contribution in [0.5, 0.6) is 0 Å². The van der Waals surface area contributed by atoms with E-state index >= 15 is 0 Å². The topological polar surface area (TPSA) is 52.6 Å². The van der Waals surface area contributed by atoms with Gasteiger partial charge in [0.1, 0.15) is 0 Å². The number of hydrogen-bond acceptors (Lipinski definition) is 4. The summed E-state index contributed by atoms with van der Waals surface area (Å²) in [6, 6.07) is 0. The number of esters is 2. The lowest BCUT2D eigenvalue weighted by Crippen LogP contribution is -2.89. The lowest BCUT2D eigenvalue weighted by atomic mass is 9.61. The molecule has 0 unspecified atom stereocenters. The third-order valence-corrected chi connectivity index (χ3v) is 4.18. The molecule has 0 heterocycles. The Morgan fingerprint density at radius 2 is 0.781 bits per heavy atom. The SMILES string of the molecule is C=CC(=O)OC(F)(F)C1(C(F)(F)OC(=O)C=C)C(F)(F)C(F)(F)C(F)(F)C(F)(F)C1(F)F. The molecule has 4 nitrogen and oxygen atoms in total. The second-order valence-electron chi connectivity index (χ2n) is 5.91. The van der Waals surface area contributed by atoms with Crippen molar-refractivity contribution in [3.63, 3.8) is 0 Å². The Labute approximate surface area is 166 Å². The summed E-state index contributed by atoms with van der Waals surface area (Å²) in [5.74, 6) is -46.6. The van der Waals surface area contributed by atoms with Crippen LogP contribution in [0.3, 0.4) is 0 Å². The van der Waals surface area contributed by atoms with Gasteiger partial charge in [-0.2, -0.15) is 61.5 Å². The van der Waals surface area contributed by atoms with Crippen molar-refractivity contribution in [1.82, 2.24) is 0 Å². The van der Waals surface area contributed by atoms with Gasteiger partial charge in [0.05, 0.1) is 0 Å². The van der Waals surface area contributed by atoms with Gasteiger partial charge < -0.3 is 9.47 Å². The van der Waals surface area contributed by atoms with E-state index in [2.05, 4.69) is 22.6 Å². The Morgan fingerprint density at radius 1 is 0.562 bits per heavy atom. The molecular formula is C14H6F14O4. The molecule has 0 atom stereocenters. The zero-order valence-electron chi connectivity index (χ0n) is 14.5. The van der Waals surface area contributed by atoms with E-state index in [1.54, 1.807) is 0 Å². The van der Waals surface area contributed by atoms with Crippen LogP contribution >= 0.6 is 0 Å². The molecule has 0 amide bonds. The van der Waals surface area contributed by atoms with Gasteiger partial charge in [-0.25, -0.2) is 9.59 Å². The van der Waals surface area contributed by atoms with Gasteiger partial charge in [0.2, 0.25) is 0 Å². The monoisotopic (exact) mass is 504 g/mol. The number of halogens is 14. The first-order chi connectivity index (χ1) is 13.9. The van der Waals surface area contributed by atoms with Crippen LogP contribution in [0.1, 0.15) is 0 Å². The first-order valence-electron chi connectivity index (χ1n) is 7.26. The molecule has 1 saturated carbocycles. The predicted molar refractivity (Wildman–Crippen MR) is 69.6 cm³/mol. The molecule has 0 spiro atoms. The second kappa shape index (κ2) is 6.97. The largest absolute Gasteiger partial charge is 0.428 e. The fourth-order valence-corrected chi connectivity index (χ4v) is 2.65. The summed E-state index contributed by atoms with van der Waals surface area (Å²) in [7, 11) is 0. The smallest absolute Gasteiger partial charge is 0.396 e. The molecule has 1 fully saturated rings. The second-order valence-corrected chi connectivity index (χ2v) is 5.91. The highest BCUT2D eigenvalue weighted by Gasteiger charge is 3.10. The van der Waals surface area contributed by atoms with Crippen LogP contribution in [0.4, 0.5) is 61.5 Å². The third-order valence-electron chi connectivity index (χ3n) is 4.18. The standard InChI is InChI=1S/C14H6F14O4/c1-3-5(29)31-13(25,26)7(14(27,28)32-6(30)4-2)8(15,16)10(19,20)12(23,24)11(21,22)9(7,17)18/h3-4H,1-2H2. The fraction of sp³-hybridized carbons (Fsp3) is 0.571. The lowest BCUT2D eigenvalue weighted by molar-refractivity contribution is -0.570. The van der Waals surface area contributed by atoms with Gasteiger partial charge in [-0.15, -0.1) is 0 Å². The maximum absolute atomic E-state index is 14.3. The van der Waals surface area contributed by atoms with E-state index in [0.29, 0.717) is 0 Å². The van der Waals surface area contributed by atoms with Crippen LogP contribution in [-0.4, -0.2) is 53.8 Å². The normalized spacial score (nSPS) is 24.7. The molecule has 0 aromatic heterocycles. The minimum absolute atomic E-state index is 0.542. The van der Waals surface area contributed by atoms with Crippen LogP contribution in [-0.2, 0) is 19.1 Å². The van der Waals surface area contributed by atoms with Crippen molar-refractivity contribution < 1.29 is 80.5 Å². The number of carbonyl (C=O) groups is 2. The zero-order chi connectivity index (χ0) is 26.0. The molecule has 0 saturated heterocycles. The van der Waals surface area contributed by atoms with Gasteiger partial charge in [0.15, 0.2) is 0 Å². The quantitative estimate of drug-likeness (QED) is 0.296. The summed E-state index contributed by atoms with van der Waals surface area (Å²) >= 11 is 0. The van der Waals surface area contributed by atoms with E-state index in [4.69, 9.17) is 0 Å². The first-order valence-corrected chi connectivity index (χ1v) is 7.26. The van der Waals surface area contributed by atoms with E-state index in [1.165, 1.54) is 0 Å². The van der Waals surface area contributed by atoms with E-state index in [1.807, 2.05) is 0 Å². The average Bonchev–Trinajstić information content (AvgIpc) is 2.58. The number of rotatable bonds is 6. The molecule has 0 N–H and O–H groups in total. The Bertz CT molecular complexity index is 765. The fourth-order valence-electron chi connectivity index (χ4n) is 2.65. The number of carbonyl (C=O) groups excluding carboxylic acids is 2.